The largest absolute Gasteiger partial charge is 0.494 e. The summed E-state index contributed by atoms with van der Waals surface area (Å²) in [5.41, 5.74) is 2.67. The van der Waals surface area contributed by atoms with Gasteiger partial charge in [-0.25, -0.2) is 0 Å². The Labute approximate surface area is 182 Å². The van der Waals surface area contributed by atoms with Gasteiger partial charge >= 0.3 is 0 Å². The van der Waals surface area contributed by atoms with Crippen LogP contribution in [-0.2, 0) is 19.0 Å². The summed E-state index contributed by atoms with van der Waals surface area (Å²) in [4.78, 5) is 12.5. The Morgan fingerprint density at radius 1 is 1.13 bits per heavy atom. The van der Waals surface area contributed by atoms with Gasteiger partial charge < -0.3 is 19.3 Å². The third-order valence-corrected chi connectivity index (χ3v) is 6.52. The summed E-state index contributed by atoms with van der Waals surface area (Å²) in [7, 11) is 2.90. The highest BCUT2D eigenvalue weighted by Gasteiger charge is 2.42. The number of carbonyl (C=O) groups excluding carboxylic acids is 1. The number of hydrogen-bond acceptors (Lipinski definition) is 5. The van der Waals surface area contributed by atoms with Crippen molar-refractivity contribution in [3.63, 3.8) is 0 Å². The van der Waals surface area contributed by atoms with Crippen molar-refractivity contribution in [2.24, 2.45) is 17.8 Å². The van der Waals surface area contributed by atoms with Crippen LogP contribution in [0, 0.1) is 17.8 Å². The highest BCUT2D eigenvalue weighted by atomic mass is 16.5. The summed E-state index contributed by atoms with van der Waals surface area (Å²) in [5.74, 6) is 0.466. The Kier molecular flexibility index (Phi) is 9.63. The molecule has 170 valence electrons. The third-order valence-electron chi connectivity index (χ3n) is 6.52. The van der Waals surface area contributed by atoms with E-state index in [1.54, 1.807) is 0 Å². The minimum Gasteiger partial charge on any atom is -0.494 e. The highest BCUT2D eigenvalue weighted by molar-refractivity contribution is 5.97. The van der Waals surface area contributed by atoms with Crippen LogP contribution in [0.4, 0.5) is 0 Å². The third kappa shape index (κ3) is 6.45. The molecule has 30 heavy (non-hydrogen) atoms. The molecule has 0 aromatic heterocycles. The molecule has 0 spiro atoms. The predicted molar refractivity (Wildman–Crippen MR) is 119 cm³/mol. The van der Waals surface area contributed by atoms with E-state index in [1.807, 2.05) is 6.92 Å². The van der Waals surface area contributed by atoms with Gasteiger partial charge in [0.25, 0.3) is 0 Å². The lowest BCUT2D eigenvalue weighted by molar-refractivity contribution is -0.128. The van der Waals surface area contributed by atoms with E-state index in [2.05, 4.69) is 32.9 Å². The molecule has 0 saturated carbocycles. The molecule has 2 aliphatic rings. The molecule has 5 heteroatoms. The van der Waals surface area contributed by atoms with Gasteiger partial charge in [-0.15, -0.1) is 0 Å². The molecule has 1 saturated heterocycles. The van der Waals surface area contributed by atoms with Crippen LogP contribution in [0.2, 0.25) is 0 Å². The van der Waals surface area contributed by atoms with Gasteiger partial charge in [-0.1, -0.05) is 37.1 Å². The fourth-order valence-corrected chi connectivity index (χ4v) is 4.40. The summed E-state index contributed by atoms with van der Waals surface area (Å²) in [6.07, 6.45) is 10.1. The number of Topliss-reactive ketones (excluding diaryl/α,β-unsaturated/α-hetero) is 1. The van der Waals surface area contributed by atoms with E-state index in [9.17, 15) is 9.90 Å². The smallest absolute Gasteiger partial charge is 0.204 e. The highest BCUT2D eigenvalue weighted by Crippen LogP contribution is 2.35. The summed E-state index contributed by atoms with van der Waals surface area (Å²) in [5, 5.41) is 10.7. The Balaban J connectivity index is 1.86. The van der Waals surface area contributed by atoms with Gasteiger partial charge in [0.15, 0.2) is 5.76 Å². The van der Waals surface area contributed by atoms with Crippen LogP contribution in [0.25, 0.3) is 0 Å². The molecule has 1 fully saturated rings. The maximum absolute atomic E-state index is 12.5. The number of hydrogen-bond donors (Lipinski definition) is 1. The van der Waals surface area contributed by atoms with Crippen molar-refractivity contribution in [2.45, 2.75) is 78.4 Å². The summed E-state index contributed by atoms with van der Waals surface area (Å²) < 4.78 is 16.4. The second kappa shape index (κ2) is 11.7. The normalized spacial score (nSPS) is 31.2. The number of carbonyl (C=O) groups is 1. The first kappa shape index (κ1) is 24.7. The second-order valence-electron chi connectivity index (χ2n) is 9.08. The number of aliphatic hydroxyl groups excluding tert-OH is 1. The zero-order valence-corrected chi connectivity index (χ0v) is 19.6. The number of rotatable bonds is 9. The summed E-state index contributed by atoms with van der Waals surface area (Å²) in [6, 6.07) is 0. The van der Waals surface area contributed by atoms with Crippen LogP contribution in [0.3, 0.4) is 0 Å². The van der Waals surface area contributed by atoms with E-state index < -0.39 is 6.10 Å². The Morgan fingerprint density at radius 3 is 2.47 bits per heavy atom. The Morgan fingerprint density at radius 2 is 1.87 bits per heavy atom. The Hall–Kier alpha value is -1.59. The molecule has 2 rings (SSSR count). The Bertz CT molecular complexity index is 667. The molecule has 1 heterocycles. The topological polar surface area (TPSA) is 65.0 Å². The maximum Gasteiger partial charge on any atom is 0.204 e. The van der Waals surface area contributed by atoms with Crippen molar-refractivity contribution in [1.82, 2.24) is 0 Å². The maximum atomic E-state index is 12.5. The van der Waals surface area contributed by atoms with Gasteiger partial charge in [0.1, 0.15) is 6.10 Å². The van der Waals surface area contributed by atoms with Crippen LogP contribution < -0.4 is 0 Å². The van der Waals surface area contributed by atoms with Gasteiger partial charge in [-0.2, -0.15) is 0 Å². The average molecular weight is 421 g/mol. The van der Waals surface area contributed by atoms with Gasteiger partial charge in [-0.05, 0) is 58.3 Å². The second-order valence-corrected chi connectivity index (χ2v) is 9.08. The van der Waals surface area contributed by atoms with Gasteiger partial charge in [0.2, 0.25) is 11.5 Å². The molecule has 1 aliphatic carbocycles. The van der Waals surface area contributed by atoms with Crippen LogP contribution >= 0.6 is 0 Å². The molecule has 0 aromatic rings. The first-order valence-corrected chi connectivity index (χ1v) is 11.3. The SMILES string of the molecule is COC1=C(OC)C(O)C(CC=C(C)CCC=C(C)CC2CCC(C)CO2)C(C)C1=O. The van der Waals surface area contributed by atoms with Crippen molar-refractivity contribution in [3.8, 4) is 0 Å². The molecule has 5 unspecified atom stereocenters. The minimum atomic E-state index is -0.831. The lowest BCUT2D eigenvalue weighted by Crippen LogP contribution is -2.40. The van der Waals surface area contributed by atoms with Crippen molar-refractivity contribution in [3.05, 3.63) is 34.8 Å². The van der Waals surface area contributed by atoms with Crippen LogP contribution in [0.5, 0.6) is 0 Å². The van der Waals surface area contributed by atoms with Crippen LogP contribution in [0.15, 0.2) is 34.8 Å². The molecular formula is C25H40O5. The fourth-order valence-electron chi connectivity index (χ4n) is 4.40. The molecule has 1 aliphatic heterocycles. The lowest BCUT2D eigenvalue weighted by Gasteiger charge is -2.33. The minimum absolute atomic E-state index is 0.103. The zero-order chi connectivity index (χ0) is 22.3. The van der Waals surface area contributed by atoms with Gasteiger partial charge in [-0.3, -0.25) is 4.79 Å². The number of ketones is 1. The van der Waals surface area contributed by atoms with E-state index in [4.69, 9.17) is 14.2 Å². The molecule has 0 amide bonds. The van der Waals surface area contributed by atoms with Crippen LogP contribution in [0.1, 0.15) is 66.2 Å². The van der Waals surface area contributed by atoms with E-state index >= 15 is 0 Å². The van der Waals surface area contributed by atoms with E-state index in [0.717, 1.165) is 32.3 Å². The van der Waals surface area contributed by atoms with Crippen molar-refractivity contribution in [1.29, 1.82) is 0 Å². The predicted octanol–water partition coefficient (Wildman–Crippen LogP) is 4.95. The fraction of sp³-hybridized carbons (Fsp3) is 0.720. The van der Waals surface area contributed by atoms with E-state index in [0.29, 0.717) is 18.4 Å². The summed E-state index contributed by atoms with van der Waals surface area (Å²) in [6.45, 7) is 9.30. The molecule has 1 N–H and O–H groups in total. The first-order chi connectivity index (χ1) is 14.3. The zero-order valence-electron chi connectivity index (χ0n) is 19.6. The van der Waals surface area contributed by atoms with E-state index in [1.165, 1.54) is 31.8 Å². The lowest BCUT2D eigenvalue weighted by atomic mass is 9.77. The molecule has 0 bridgehead atoms. The van der Waals surface area contributed by atoms with Crippen molar-refractivity contribution >= 4 is 5.78 Å². The van der Waals surface area contributed by atoms with E-state index in [-0.39, 0.29) is 29.1 Å². The number of ether oxygens (including phenoxy) is 3. The number of methoxy groups -OCH3 is 2. The van der Waals surface area contributed by atoms with Crippen molar-refractivity contribution in [2.75, 3.05) is 20.8 Å². The standard InChI is InChI=1S/C25H40O5/c1-16(8-7-9-17(2)14-20-12-10-18(3)15-30-20)11-13-21-19(4)22(26)24(28-5)25(29-6)23(21)27/h9,11,18-21,23,27H,7-8,10,12-15H2,1-6H3. The number of allylic oxidation sites excluding steroid dienone is 4. The average Bonchev–Trinajstić information content (AvgIpc) is 2.72. The summed E-state index contributed by atoms with van der Waals surface area (Å²) >= 11 is 0. The molecule has 5 nitrogen and oxygen atoms in total. The monoisotopic (exact) mass is 420 g/mol. The molecule has 5 atom stereocenters. The molecule has 0 aromatic carbocycles. The van der Waals surface area contributed by atoms with Crippen molar-refractivity contribution < 1.29 is 24.1 Å². The quantitative estimate of drug-likeness (QED) is 0.534. The first-order valence-electron chi connectivity index (χ1n) is 11.3. The number of aliphatic hydroxyl groups is 1. The molecule has 0 radical (unpaired) electrons. The van der Waals surface area contributed by atoms with Gasteiger partial charge in [0, 0.05) is 18.4 Å². The molecular weight excluding hydrogens is 380 g/mol. The van der Waals surface area contributed by atoms with Crippen LogP contribution in [-0.4, -0.2) is 43.9 Å². The van der Waals surface area contributed by atoms with Gasteiger partial charge in [0.05, 0.1) is 20.3 Å².